The monoisotopic (exact) mass is 317 g/mol. The number of aliphatic hydroxyl groups excluding tert-OH is 1. The first-order chi connectivity index (χ1) is 11.2. The van der Waals surface area contributed by atoms with Crippen LogP contribution in [-0.2, 0) is 11.4 Å². The van der Waals surface area contributed by atoms with E-state index in [0.29, 0.717) is 30.3 Å². The molecular weight excluding hydrogens is 294 g/mol. The molecule has 1 saturated heterocycles. The van der Waals surface area contributed by atoms with Crippen LogP contribution in [0.4, 0.5) is 0 Å². The molecule has 0 spiro atoms. The third-order valence-corrected chi connectivity index (χ3v) is 4.79. The van der Waals surface area contributed by atoms with Crippen molar-refractivity contribution >= 4 is 11.8 Å². The summed E-state index contributed by atoms with van der Waals surface area (Å²) in [5, 5.41) is 12.0. The van der Waals surface area contributed by atoms with Crippen molar-refractivity contribution in [3.05, 3.63) is 29.6 Å². The fraction of sp³-hybridized carbons (Fsp3) is 0.588. The van der Waals surface area contributed by atoms with E-state index < -0.39 is 0 Å². The summed E-state index contributed by atoms with van der Waals surface area (Å²) in [6.07, 6.45) is 6.68. The van der Waals surface area contributed by atoms with E-state index in [0.717, 1.165) is 19.4 Å². The van der Waals surface area contributed by atoms with Crippen LogP contribution in [0.5, 0.6) is 0 Å². The number of aliphatic hydroxyl groups is 1. The predicted molar refractivity (Wildman–Crippen MR) is 84.6 cm³/mol. The summed E-state index contributed by atoms with van der Waals surface area (Å²) in [5.74, 6) is 0.136. The standard InChI is InChI=1S/C17H23N3O3/c21-11-12-5-6-18-15(7-12)17(23)19-9-13-8-16(22)20(10-13)14-3-1-2-4-14/h5-7,13-14,21H,1-4,8-11H2,(H,19,23)/t13-/m1/s1. The molecule has 0 radical (unpaired) electrons. The van der Waals surface area contributed by atoms with Crippen molar-refractivity contribution in [1.82, 2.24) is 15.2 Å². The Morgan fingerprint density at radius 2 is 2.17 bits per heavy atom. The molecule has 1 atom stereocenters. The Bertz CT molecular complexity index is 584. The summed E-state index contributed by atoms with van der Waals surface area (Å²) in [7, 11) is 0. The minimum absolute atomic E-state index is 0.115. The van der Waals surface area contributed by atoms with Gasteiger partial charge in [-0.1, -0.05) is 12.8 Å². The molecule has 2 amide bonds. The number of hydrogen-bond donors (Lipinski definition) is 2. The highest BCUT2D eigenvalue weighted by Gasteiger charge is 2.35. The van der Waals surface area contributed by atoms with Crippen LogP contribution in [0, 0.1) is 5.92 Å². The van der Waals surface area contributed by atoms with E-state index in [9.17, 15) is 9.59 Å². The minimum atomic E-state index is -0.257. The second-order valence-electron chi connectivity index (χ2n) is 6.47. The Hall–Kier alpha value is -1.95. The summed E-state index contributed by atoms with van der Waals surface area (Å²) in [5.41, 5.74) is 0.960. The SMILES string of the molecule is O=C(NC[C@H]1CC(=O)N(C2CCCC2)C1)c1cc(CO)ccn1. The summed E-state index contributed by atoms with van der Waals surface area (Å²) in [6.45, 7) is 1.11. The van der Waals surface area contributed by atoms with Crippen molar-refractivity contribution in [2.45, 2.75) is 44.8 Å². The van der Waals surface area contributed by atoms with Gasteiger partial charge in [0.1, 0.15) is 5.69 Å². The molecule has 1 aliphatic carbocycles. The molecule has 6 nitrogen and oxygen atoms in total. The van der Waals surface area contributed by atoms with Crippen molar-refractivity contribution in [2.75, 3.05) is 13.1 Å². The molecule has 2 fully saturated rings. The number of likely N-dealkylation sites (tertiary alicyclic amines) is 1. The summed E-state index contributed by atoms with van der Waals surface area (Å²) < 4.78 is 0. The molecule has 1 aromatic heterocycles. The fourth-order valence-electron chi connectivity index (χ4n) is 3.54. The maximum Gasteiger partial charge on any atom is 0.269 e. The lowest BCUT2D eigenvalue weighted by molar-refractivity contribution is -0.129. The number of rotatable bonds is 5. The second kappa shape index (κ2) is 7.08. The number of carbonyl (C=O) groups is 2. The maximum atomic E-state index is 12.1. The number of carbonyl (C=O) groups excluding carboxylic acids is 2. The number of amides is 2. The van der Waals surface area contributed by atoms with Crippen LogP contribution < -0.4 is 5.32 Å². The van der Waals surface area contributed by atoms with Crippen molar-refractivity contribution in [3.63, 3.8) is 0 Å². The van der Waals surface area contributed by atoms with Crippen LogP contribution >= 0.6 is 0 Å². The van der Waals surface area contributed by atoms with Crippen LogP contribution in [0.1, 0.15) is 48.2 Å². The smallest absolute Gasteiger partial charge is 0.269 e. The van der Waals surface area contributed by atoms with Gasteiger partial charge in [0.15, 0.2) is 0 Å². The number of pyridine rings is 1. The third kappa shape index (κ3) is 3.69. The van der Waals surface area contributed by atoms with E-state index in [-0.39, 0.29) is 24.3 Å². The zero-order chi connectivity index (χ0) is 16.2. The Kier molecular flexibility index (Phi) is 4.91. The zero-order valence-corrected chi connectivity index (χ0v) is 13.2. The Morgan fingerprint density at radius 1 is 1.39 bits per heavy atom. The van der Waals surface area contributed by atoms with Gasteiger partial charge >= 0.3 is 0 Å². The Balaban J connectivity index is 1.52. The molecule has 0 bridgehead atoms. The number of hydrogen-bond acceptors (Lipinski definition) is 4. The van der Waals surface area contributed by atoms with Gasteiger partial charge in [-0.2, -0.15) is 0 Å². The first-order valence-electron chi connectivity index (χ1n) is 8.31. The summed E-state index contributed by atoms with van der Waals surface area (Å²) >= 11 is 0. The molecule has 0 unspecified atom stereocenters. The molecule has 1 saturated carbocycles. The van der Waals surface area contributed by atoms with Crippen LogP contribution in [0.25, 0.3) is 0 Å². The molecule has 23 heavy (non-hydrogen) atoms. The average Bonchev–Trinajstić information content (AvgIpc) is 3.22. The molecule has 1 aliphatic heterocycles. The molecule has 2 aliphatic rings. The first kappa shape index (κ1) is 15.9. The lowest BCUT2D eigenvalue weighted by atomic mass is 10.1. The highest BCUT2D eigenvalue weighted by molar-refractivity contribution is 5.92. The van der Waals surface area contributed by atoms with Gasteiger partial charge in [0.05, 0.1) is 6.61 Å². The van der Waals surface area contributed by atoms with E-state index in [1.54, 1.807) is 12.1 Å². The van der Waals surface area contributed by atoms with Gasteiger partial charge in [-0.25, -0.2) is 0 Å². The van der Waals surface area contributed by atoms with Crippen molar-refractivity contribution in [1.29, 1.82) is 0 Å². The van der Waals surface area contributed by atoms with Gasteiger partial charge in [-0.05, 0) is 30.5 Å². The summed E-state index contributed by atoms with van der Waals surface area (Å²) in [4.78, 5) is 30.3. The lowest BCUT2D eigenvalue weighted by Crippen LogP contribution is -2.36. The third-order valence-electron chi connectivity index (χ3n) is 4.79. The largest absolute Gasteiger partial charge is 0.392 e. The van der Waals surface area contributed by atoms with Crippen molar-refractivity contribution < 1.29 is 14.7 Å². The number of aromatic nitrogens is 1. The van der Waals surface area contributed by atoms with Crippen LogP contribution in [-0.4, -0.2) is 45.9 Å². The minimum Gasteiger partial charge on any atom is -0.392 e. The molecule has 2 heterocycles. The van der Waals surface area contributed by atoms with Crippen LogP contribution in [0.2, 0.25) is 0 Å². The van der Waals surface area contributed by atoms with Gasteiger partial charge in [-0.15, -0.1) is 0 Å². The van der Waals surface area contributed by atoms with Crippen LogP contribution in [0.3, 0.4) is 0 Å². The van der Waals surface area contributed by atoms with E-state index in [1.807, 2.05) is 4.90 Å². The van der Waals surface area contributed by atoms with E-state index in [1.165, 1.54) is 19.0 Å². The van der Waals surface area contributed by atoms with Gasteiger partial charge in [0.25, 0.3) is 5.91 Å². The lowest BCUT2D eigenvalue weighted by Gasteiger charge is -2.24. The first-order valence-corrected chi connectivity index (χ1v) is 8.31. The maximum absolute atomic E-state index is 12.1. The number of nitrogens with one attached hydrogen (secondary N) is 1. The molecule has 0 aromatic carbocycles. The highest BCUT2D eigenvalue weighted by atomic mass is 16.3. The zero-order valence-electron chi connectivity index (χ0n) is 13.2. The van der Waals surface area contributed by atoms with E-state index >= 15 is 0 Å². The highest BCUT2D eigenvalue weighted by Crippen LogP contribution is 2.29. The Morgan fingerprint density at radius 3 is 2.91 bits per heavy atom. The van der Waals surface area contributed by atoms with Gasteiger partial charge < -0.3 is 15.3 Å². The van der Waals surface area contributed by atoms with Gasteiger partial charge in [0.2, 0.25) is 5.91 Å². The molecule has 3 rings (SSSR count). The molecule has 6 heteroatoms. The average molecular weight is 317 g/mol. The quantitative estimate of drug-likeness (QED) is 0.852. The molecule has 1 aromatic rings. The second-order valence-corrected chi connectivity index (χ2v) is 6.47. The molecule has 2 N–H and O–H groups in total. The fourth-order valence-corrected chi connectivity index (χ4v) is 3.54. The number of nitrogens with zero attached hydrogens (tertiary/aromatic N) is 2. The molecule has 124 valence electrons. The van der Waals surface area contributed by atoms with E-state index in [4.69, 9.17) is 5.11 Å². The van der Waals surface area contributed by atoms with Crippen molar-refractivity contribution in [2.24, 2.45) is 5.92 Å². The normalized spacial score (nSPS) is 21.9. The van der Waals surface area contributed by atoms with Crippen molar-refractivity contribution in [3.8, 4) is 0 Å². The summed E-state index contributed by atoms with van der Waals surface area (Å²) in [6, 6.07) is 3.66. The van der Waals surface area contributed by atoms with E-state index in [2.05, 4.69) is 10.3 Å². The topological polar surface area (TPSA) is 82.5 Å². The molecular formula is C17H23N3O3. The van der Waals surface area contributed by atoms with Crippen LogP contribution in [0.15, 0.2) is 18.3 Å². The predicted octanol–water partition coefficient (Wildman–Crippen LogP) is 1.09. The Labute approximate surface area is 135 Å². The van der Waals surface area contributed by atoms with Gasteiger partial charge in [-0.3, -0.25) is 14.6 Å². The van der Waals surface area contributed by atoms with Gasteiger partial charge in [0, 0.05) is 37.7 Å².